The molecule has 0 saturated carbocycles. The van der Waals surface area contributed by atoms with Crippen LogP contribution >= 0.6 is 22.7 Å². The van der Waals surface area contributed by atoms with Gasteiger partial charge in [-0.1, -0.05) is 17.4 Å². The number of thiophene rings is 1. The van der Waals surface area contributed by atoms with Crippen molar-refractivity contribution in [3.8, 4) is 0 Å². The fraction of sp³-hybridized carbons (Fsp3) is 0.222. The van der Waals surface area contributed by atoms with Gasteiger partial charge in [-0.2, -0.15) is 0 Å². The standard InChI is InChI=1S/C9H9NOS2/c11-9-10(5-7-13-9)4-3-8-2-1-6-12-8/h1-2,5-7H,3-4H2. The van der Waals surface area contributed by atoms with Gasteiger partial charge in [0.1, 0.15) is 0 Å². The Hall–Kier alpha value is -0.870. The zero-order valence-corrected chi connectivity index (χ0v) is 8.61. The van der Waals surface area contributed by atoms with Crippen molar-refractivity contribution < 1.29 is 0 Å². The predicted molar refractivity (Wildman–Crippen MR) is 56.6 cm³/mol. The molecule has 0 fully saturated rings. The molecule has 4 heteroatoms. The van der Waals surface area contributed by atoms with E-state index < -0.39 is 0 Å². The average molecular weight is 211 g/mol. The van der Waals surface area contributed by atoms with Crippen molar-refractivity contribution in [3.05, 3.63) is 43.6 Å². The highest BCUT2D eigenvalue weighted by molar-refractivity contribution is 7.09. The number of hydrogen-bond donors (Lipinski definition) is 0. The first-order valence-corrected chi connectivity index (χ1v) is 5.78. The van der Waals surface area contributed by atoms with Crippen LogP contribution in [0.1, 0.15) is 4.88 Å². The Bertz CT molecular complexity index is 413. The number of hydrogen-bond acceptors (Lipinski definition) is 3. The Morgan fingerprint density at radius 1 is 1.31 bits per heavy atom. The Morgan fingerprint density at radius 3 is 2.85 bits per heavy atom. The first-order chi connectivity index (χ1) is 6.36. The zero-order chi connectivity index (χ0) is 9.10. The Morgan fingerprint density at radius 2 is 2.23 bits per heavy atom. The van der Waals surface area contributed by atoms with E-state index >= 15 is 0 Å². The van der Waals surface area contributed by atoms with E-state index in [1.165, 1.54) is 16.2 Å². The number of aryl methyl sites for hydroxylation is 2. The molecule has 68 valence electrons. The second kappa shape index (κ2) is 3.89. The summed E-state index contributed by atoms with van der Waals surface area (Å²) in [5.74, 6) is 0. The minimum absolute atomic E-state index is 0.136. The molecule has 2 aromatic rings. The van der Waals surface area contributed by atoms with E-state index in [1.807, 2.05) is 17.6 Å². The molecular weight excluding hydrogens is 202 g/mol. The molecule has 2 heterocycles. The van der Waals surface area contributed by atoms with Crippen LogP contribution < -0.4 is 4.87 Å². The van der Waals surface area contributed by atoms with E-state index in [1.54, 1.807) is 15.9 Å². The maximum Gasteiger partial charge on any atom is 0.307 e. The van der Waals surface area contributed by atoms with Gasteiger partial charge in [-0.3, -0.25) is 4.79 Å². The highest BCUT2D eigenvalue weighted by atomic mass is 32.1. The van der Waals surface area contributed by atoms with Crippen molar-refractivity contribution in [3.63, 3.8) is 0 Å². The van der Waals surface area contributed by atoms with Gasteiger partial charge in [0, 0.05) is 23.0 Å². The van der Waals surface area contributed by atoms with Crippen LogP contribution in [0.25, 0.3) is 0 Å². The molecule has 2 rings (SSSR count). The van der Waals surface area contributed by atoms with Gasteiger partial charge in [0.05, 0.1) is 0 Å². The van der Waals surface area contributed by atoms with Gasteiger partial charge in [-0.05, 0) is 17.9 Å². The molecule has 0 radical (unpaired) electrons. The summed E-state index contributed by atoms with van der Waals surface area (Å²) >= 11 is 2.99. The summed E-state index contributed by atoms with van der Waals surface area (Å²) in [6, 6.07) is 4.14. The van der Waals surface area contributed by atoms with Crippen LogP contribution in [0.2, 0.25) is 0 Å². The summed E-state index contributed by atoms with van der Waals surface area (Å²) in [5, 5.41) is 3.89. The first kappa shape index (κ1) is 8.72. The topological polar surface area (TPSA) is 22.0 Å². The summed E-state index contributed by atoms with van der Waals surface area (Å²) < 4.78 is 1.75. The lowest BCUT2D eigenvalue weighted by Gasteiger charge is -1.97. The average Bonchev–Trinajstić information content (AvgIpc) is 2.72. The van der Waals surface area contributed by atoms with Crippen LogP contribution in [-0.2, 0) is 13.0 Å². The number of rotatable bonds is 3. The van der Waals surface area contributed by atoms with Gasteiger partial charge in [-0.15, -0.1) is 11.3 Å². The summed E-state index contributed by atoms with van der Waals surface area (Å²) in [5.41, 5.74) is 0. The summed E-state index contributed by atoms with van der Waals surface area (Å²) in [6.45, 7) is 0.794. The van der Waals surface area contributed by atoms with Crippen LogP contribution in [0.4, 0.5) is 0 Å². The van der Waals surface area contributed by atoms with Gasteiger partial charge in [0.2, 0.25) is 0 Å². The third kappa shape index (κ3) is 2.08. The smallest absolute Gasteiger partial charge is 0.306 e. The molecule has 13 heavy (non-hydrogen) atoms. The Kier molecular flexibility index (Phi) is 2.61. The molecule has 0 saturated heterocycles. The van der Waals surface area contributed by atoms with Crippen molar-refractivity contribution in [2.75, 3.05) is 0 Å². The normalized spacial score (nSPS) is 10.5. The van der Waals surface area contributed by atoms with Gasteiger partial charge in [-0.25, -0.2) is 0 Å². The molecule has 0 atom stereocenters. The molecule has 2 nitrogen and oxygen atoms in total. The molecule has 0 amide bonds. The van der Waals surface area contributed by atoms with Gasteiger partial charge >= 0.3 is 4.87 Å². The summed E-state index contributed by atoms with van der Waals surface area (Å²) in [7, 11) is 0. The van der Waals surface area contributed by atoms with E-state index in [-0.39, 0.29) is 4.87 Å². The lowest BCUT2D eigenvalue weighted by molar-refractivity contribution is 0.691. The number of nitrogens with zero attached hydrogens (tertiary/aromatic N) is 1. The second-order valence-electron chi connectivity index (χ2n) is 2.69. The van der Waals surface area contributed by atoms with E-state index in [0.29, 0.717) is 0 Å². The van der Waals surface area contributed by atoms with Gasteiger partial charge < -0.3 is 4.57 Å². The highest BCUT2D eigenvalue weighted by Crippen LogP contribution is 2.09. The van der Waals surface area contributed by atoms with Gasteiger partial charge in [0.25, 0.3) is 0 Å². The molecule has 2 aromatic heterocycles. The molecule has 0 aromatic carbocycles. The third-order valence-corrected chi connectivity index (χ3v) is 3.45. The van der Waals surface area contributed by atoms with Crippen molar-refractivity contribution in [2.24, 2.45) is 0 Å². The molecule has 0 N–H and O–H groups in total. The molecule has 0 spiro atoms. The highest BCUT2D eigenvalue weighted by Gasteiger charge is 1.97. The quantitative estimate of drug-likeness (QED) is 0.763. The summed E-state index contributed by atoms with van der Waals surface area (Å²) in [4.78, 5) is 12.6. The second-order valence-corrected chi connectivity index (χ2v) is 4.58. The van der Waals surface area contributed by atoms with E-state index in [9.17, 15) is 4.79 Å². The van der Waals surface area contributed by atoms with E-state index in [2.05, 4.69) is 11.4 Å². The van der Waals surface area contributed by atoms with Crippen LogP contribution in [0, 0.1) is 0 Å². The zero-order valence-electron chi connectivity index (χ0n) is 6.97. The fourth-order valence-electron chi connectivity index (χ4n) is 1.14. The van der Waals surface area contributed by atoms with Crippen molar-refractivity contribution in [1.82, 2.24) is 4.57 Å². The molecular formula is C9H9NOS2. The van der Waals surface area contributed by atoms with Crippen LogP contribution in [0.3, 0.4) is 0 Å². The van der Waals surface area contributed by atoms with Crippen molar-refractivity contribution in [1.29, 1.82) is 0 Å². The minimum atomic E-state index is 0.136. The van der Waals surface area contributed by atoms with Crippen LogP contribution in [-0.4, -0.2) is 4.57 Å². The summed E-state index contributed by atoms with van der Waals surface area (Å²) in [6.07, 6.45) is 2.80. The molecule has 0 aliphatic rings. The van der Waals surface area contributed by atoms with E-state index in [4.69, 9.17) is 0 Å². The Balaban J connectivity index is 2.01. The lowest BCUT2D eigenvalue weighted by atomic mass is 10.3. The molecule has 0 aliphatic heterocycles. The SMILES string of the molecule is O=c1sccn1CCc1cccs1. The minimum Gasteiger partial charge on any atom is -0.306 e. The maximum atomic E-state index is 11.2. The molecule has 0 bridgehead atoms. The predicted octanol–water partition coefficient (Wildman–Crippen LogP) is 2.21. The number of aromatic nitrogens is 1. The Labute approximate surface area is 84.1 Å². The fourth-order valence-corrected chi connectivity index (χ4v) is 2.45. The van der Waals surface area contributed by atoms with Crippen molar-refractivity contribution in [2.45, 2.75) is 13.0 Å². The van der Waals surface area contributed by atoms with E-state index in [0.717, 1.165) is 13.0 Å². The first-order valence-electron chi connectivity index (χ1n) is 4.02. The molecule has 0 aliphatic carbocycles. The van der Waals surface area contributed by atoms with Gasteiger partial charge in [0.15, 0.2) is 0 Å². The lowest BCUT2D eigenvalue weighted by Crippen LogP contribution is -2.12. The maximum absolute atomic E-state index is 11.2. The number of thiazole rings is 1. The monoisotopic (exact) mass is 211 g/mol. The van der Waals surface area contributed by atoms with Crippen LogP contribution in [0.15, 0.2) is 33.9 Å². The van der Waals surface area contributed by atoms with Crippen LogP contribution in [0.5, 0.6) is 0 Å². The molecule has 0 unspecified atom stereocenters. The largest absolute Gasteiger partial charge is 0.307 e. The van der Waals surface area contributed by atoms with Crippen molar-refractivity contribution >= 4 is 22.7 Å². The third-order valence-electron chi connectivity index (χ3n) is 1.82.